The zero-order valence-corrected chi connectivity index (χ0v) is 15.4. The van der Waals surface area contributed by atoms with Crippen LogP contribution in [0.2, 0.25) is 10.2 Å². The van der Waals surface area contributed by atoms with E-state index in [4.69, 9.17) is 23.2 Å². The number of aryl methyl sites for hydroxylation is 1. The fourth-order valence-corrected chi connectivity index (χ4v) is 3.10. The molecule has 0 aliphatic rings. The Labute approximate surface area is 158 Å². The van der Waals surface area contributed by atoms with Crippen molar-refractivity contribution in [1.29, 1.82) is 0 Å². The molecule has 0 saturated carbocycles. The molecule has 1 N–H and O–H groups in total. The van der Waals surface area contributed by atoms with Crippen LogP contribution in [0.1, 0.15) is 5.56 Å². The van der Waals surface area contributed by atoms with Gasteiger partial charge in [0, 0.05) is 11.2 Å². The van der Waals surface area contributed by atoms with E-state index in [0.717, 1.165) is 11.3 Å². The second-order valence-corrected chi connectivity index (χ2v) is 6.80. The van der Waals surface area contributed by atoms with Gasteiger partial charge >= 0.3 is 0 Å². The van der Waals surface area contributed by atoms with Crippen molar-refractivity contribution in [2.24, 2.45) is 0 Å². The van der Waals surface area contributed by atoms with Crippen LogP contribution in [-0.2, 0) is 4.79 Å². The first-order valence-electron chi connectivity index (χ1n) is 7.24. The molecule has 0 fully saturated rings. The normalized spacial score (nSPS) is 10.7. The summed E-state index contributed by atoms with van der Waals surface area (Å²) in [5.74, 6) is -0.0554. The molecule has 3 aromatic rings. The molecule has 0 aliphatic carbocycles. The average Bonchev–Trinajstić information content (AvgIpc) is 3.06. The van der Waals surface area contributed by atoms with Crippen molar-refractivity contribution in [2.75, 3.05) is 11.1 Å². The van der Waals surface area contributed by atoms with Gasteiger partial charge in [-0.15, -0.1) is 10.2 Å². The second-order valence-electron chi connectivity index (χ2n) is 5.10. The summed E-state index contributed by atoms with van der Waals surface area (Å²) in [5.41, 5.74) is 2.29. The van der Waals surface area contributed by atoms with Gasteiger partial charge in [-0.2, -0.15) is 0 Å². The van der Waals surface area contributed by atoms with Gasteiger partial charge in [0.25, 0.3) is 0 Å². The third-order valence-corrected chi connectivity index (χ3v) is 4.97. The summed E-state index contributed by atoms with van der Waals surface area (Å²) in [7, 11) is 0. The largest absolute Gasteiger partial charge is 0.323 e. The quantitative estimate of drug-likeness (QED) is 0.523. The number of rotatable bonds is 5. The molecule has 0 spiro atoms. The highest BCUT2D eigenvalue weighted by Crippen LogP contribution is 2.24. The molecule has 6 nitrogen and oxygen atoms in total. The maximum absolute atomic E-state index is 12.1. The van der Waals surface area contributed by atoms with Crippen molar-refractivity contribution in [1.82, 2.24) is 19.7 Å². The Balaban J connectivity index is 1.68. The van der Waals surface area contributed by atoms with Crippen molar-refractivity contribution >= 4 is 46.6 Å². The number of nitrogens with one attached hydrogen (secondary N) is 1. The number of halogens is 2. The molecule has 0 radical (unpaired) electrons. The van der Waals surface area contributed by atoms with Crippen LogP contribution in [-0.4, -0.2) is 31.4 Å². The molecular formula is C16H13Cl2N5OS. The average molecular weight is 394 g/mol. The molecule has 0 unspecified atom stereocenters. The van der Waals surface area contributed by atoms with Gasteiger partial charge in [-0.1, -0.05) is 41.0 Å². The SMILES string of the molecule is Cc1ccc(-n2cnnc2SCC(=O)Nc2cccnc2Cl)cc1Cl. The Kier molecular flexibility index (Phi) is 5.57. The summed E-state index contributed by atoms with van der Waals surface area (Å²) in [6.07, 6.45) is 3.14. The fourth-order valence-electron chi connectivity index (χ4n) is 2.03. The first-order valence-corrected chi connectivity index (χ1v) is 8.98. The summed E-state index contributed by atoms with van der Waals surface area (Å²) < 4.78 is 1.78. The lowest BCUT2D eigenvalue weighted by Crippen LogP contribution is -2.15. The second kappa shape index (κ2) is 7.86. The van der Waals surface area contributed by atoms with Crippen LogP contribution in [0.25, 0.3) is 5.69 Å². The first-order chi connectivity index (χ1) is 12.0. The van der Waals surface area contributed by atoms with E-state index in [0.29, 0.717) is 15.9 Å². The Morgan fingerprint density at radius 3 is 2.92 bits per heavy atom. The number of pyridine rings is 1. The summed E-state index contributed by atoms with van der Waals surface area (Å²) in [6.45, 7) is 1.93. The number of anilines is 1. The van der Waals surface area contributed by atoms with E-state index in [1.54, 1.807) is 29.2 Å². The zero-order valence-electron chi connectivity index (χ0n) is 13.1. The van der Waals surface area contributed by atoms with Gasteiger partial charge in [-0.05, 0) is 36.8 Å². The van der Waals surface area contributed by atoms with E-state index >= 15 is 0 Å². The minimum Gasteiger partial charge on any atom is -0.323 e. The van der Waals surface area contributed by atoms with Crippen LogP contribution in [0.5, 0.6) is 0 Å². The Bertz CT molecular complexity index is 915. The van der Waals surface area contributed by atoms with Gasteiger partial charge in [-0.25, -0.2) is 4.98 Å². The minimum absolute atomic E-state index is 0.156. The molecule has 2 heterocycles. The van der Waals surface area contributed by atoms with Gasteiger partial charge in [0.15, 0.2) is 10.3 Å². The van der Waals surface area contributed by atoms with Crippen LogP contribution >= 0.6 is 35.0 Å². The number of aromatic nitrogens is 4. The lowest BCUT2D eigenvalue weighted by molar-refractivity contribution is -0.113. The van der Waals surface area contributed by atoms with Gasteiger partial charge in [0.2, 0.25) is 5.91 Å². The molecule has 1 aromatic carbocycles. The number of hydrogen-bond acceptors (Lipinski definition) is 5. The third-order valence-electron chi connectivity index (χ3n) is 3.32. The summed E-state index contributed by atoms with van der Waals surface area (Å²) in [5, 5.41) is 12.2. The van der Waals surface area contributed by atoms with Crippen LogP contribution in [0, 0.1) is 6.92 Å². The molecule has 1 amide bonds. The first kappa shape index (κ1) is 17.7. The number of carbonyl (C=O) groups excluding carboxylic acids is 1. The van der Waals surface area contributed by atoms with Crippen LogP contribution in [0.4, 0.5) is 5.69 Å². The summed E-state index contributed by atoms with van der Waals surface area (Å²) in [4.78, 5) is 16.0. The van der Waals surface area contributed by atoms with E-state index in [1.807, 2.05) is 25.1 Å². The monoisotopic (exact) mass is 393 g/mol. The summed E-state index contributed by atoms with van der Waals surface area (Å²) >= 11 is 13.4. The molecule has 9 heteroatoms. The molecule has 25 heavy (non-hydrogen) atoms. The fraction of sp³-hybridized carbons (Fsp3) is 0.125. The van der Waals surface area contributed by atoms with Crippen molar-refractivity contribution in [3.8, 4) is 5.69 Å². The third kappa shape index (κ3) is 4.31. The molecular weight excluding hydrogens is 381 g/mol. The number of amides is 1. The summed E-state index contributed by atoms with van der Waals surface area (Å²) in [6, 6.07) is 9.06. The lowest BCUT2D eigenvalue weighted by atomic mass is 10.2. The van der Waals surface area contributed by atoms with Crippen molar-refractivity contribution in [3.05, 3.63) is 58.6 Å². The number of carbonyl (C=O) groups is 1. The molecule has 3 rings (SSSR count). The van der Waals surface area contributed by atoms with Crippen LogP contribution in [0.3, 0.4) is 0 Å². The molecule has 0 saturated heterocycles. The van der Waals surface area contributed by atoms with Gasteiger partial charge in [-0.3, -0.25) is 9.36 Å². The van der Waals surface area contributed by atoms with E-state index < -0.39 is 0 Å². The maximum Gasteiger partial charge on any atom is 0.234 e. The van der Waals surface area contributed by atoms with Crippen LogP contribution in [0.15, 0.2) is 48.0 Å². The van der Waals surface area contributed by atoms with E-state index in [1.165, 1.54) is 11.8 Å². The number of hydrogen-bond donors (Lipinski definition) is 1. The topological polar surface area (TPSA) is 72.7 Å². The molecule has 0 aliphatic heterocycles. The number of nitrogens with zero attached hydrogens (tertiary/aromatic N) is 4. The van der Waals surface area contributed by atoms with E-state index in [-0.39, 0.29) is 16.8 Å². The minimum atomic E-state index is -0.212. The highest BCUT2D eigenvalue weighted by molar-refractivity contribution is 7.99. The van der Waals surface area contributed by atoms with Gasteiger partial charge in [0.1, 0.15) is 6.33 Å². The van der Waals surface area contributed by atoms with E-state index in [2.05, 4.69) is 20.5 Å². The Hall–Kier alpha value is -2.09. The van der Waals surface area contributed by atoms with Gasteiger partial charge < -0.3 is 5.32 Å². The van der Waals surface area contributed by atoms with E-state index in [9.17, 15) is 4.79 Å². The standard InChI is InChI=1S/C16H13Cl2N5OS/c1-10-4-5-11(7-12(10)17)23-9-20-22-16(23)25-8-14(24)21-13-3-2-6-19-15(13)18/h2-7,9H,8H2,1H3,(H,21,24). The predicted octanol–water partition coefficient (Wildman–Crippen LogP) is 4.01. The molecule has 0 atom stereocenters. The molecule has 0 bridgehead atoms. The lowest BCUT2D eigenvalue weighted by Gasteiger charge is -2.08. The predicted molar refractivity (Wildman–Crippen MR) is 99.7 cm³/mol. The van der Waals surface area contributed by atoms with Crippen molar-refractivity contribution < 1.29 is 4.79 Å². The number of thioether (sulfide) groups is 1. The maximum atomic E-state index is 12.1. The van der Waals surface area contributed by atoms with Gasteiger partial charge in [0.05, 0.1) is 17.1 Å². The van der Waals surface area contributed by atoms with Crippen LogP contribution < -0.4 is 5.32 Å². The highest BCUT2D eigenvalue weighted by Gasteiger charge is 2.12. The Morgan fingerprint density at radius 1 is 1.32 bits per heavy atom. The highest BCUT2D eigenvalue weighted by atomic mass is 35.5. The zero-order chi connectivity index (χ0) is 17.8. The molecule has 2 aromatic heterocycles. The van der Waals surface area contributed by atoms with Crippen molar-refractivity contribution in [2.45, 2.75) is 12.1 Å². The number of benzene rings is 1. The molecule has 128 valence electrons. The Morgan fingerprint density at radius 2 is 2.16 bits per heavy atom. The smallest absolute Gasteiger partial charge is 0.234 e. The van der Waals surface area contributed by atoms with Crippen molar-refractivity contribution in [3.63, 3.8) is 0 Å².